The first-order chi connectivity index (χ1) is 10.5. The Morgan fingerprint density at radius 3 is 2.91 bits per heavy atom. The lowest BCUT2D eigenvalue weighted by Gasteiger charge is -2.34. The van der Waals surface area contributed by atoms with Crippen LogP contribution in [0.25, 0.3) is 0 Å². The fourth-order valence-electron chi connectivity index (χ4n) is 2.84. The van der Waals surface area contributed by atoms with Gasteiger partial charge in [-0.25, -0.2) is 9.78 Å². The minimum atomic E-state index is -1.02. The van der Waals surface area contributed by atoms with Crippen molar-refractivity contribution in [1.82, 2.24) is 10.3 Å². The third kappa shape index (κ3) is 4.22. The molecule has 2 N–H and O–H groups in total. The van der Waals surface area contributed by atoms with Crippen molar-refractivity contribution >= 4 is 23.6 Å². The van der Waals surface area contributed by atoms with Crippen molar-refractivity contribution in [3.63, 3.8) is 0 Å². The highest BCUT2D eigenvalue weighted by molar-refractivity contribution is 8.00. The number of carboxylic acids is 1. The van der Waals surface area contributed by atoms with Crippen LogP contribution in [0, 0.1) is 11.8 Å². The van der Waals surface area contributed by atoms with Crippen LogP contribution < -0.4 is 5.32 Å². The number of carboxylic acid groups (broad SMARTS) is 1. The Balaban J connectivity index is 1.89. The average molecular weight is 322 g/mol. The van der Waals surface area contributed by atoms with Gasteiger partial charge < -0.3 is 10.4 Å². The zero-order chi connectivity index (χ0) is 16.1. The number of carbonyl (C=O) groups excluding carboxylic acids is 1. The van der Waals surface area contributed by atoms with Crippen LogP contribution in [0.5, 0.6) is 0 Å². The molecule has 0 aliphatic heterocycles. The number of rotatable bonds is 5. The molecule has 1 amide bonds. The molecule has 0 bridgehead atoms. The van der Waals surface area contributed by atoms with Gasteiger partial charge in [-0.15, -0.1) is 0 Å². The maximum absolute atomic E-state index is 12.1. The molecule has 22 heavy (non-hydrogen) atoms. The topological polar surface area (TPSA) is 79.3 Å². The largest absolute Gasteiger partial charge is 0.478 e. The highest BCUT2D eigenvalue weighted by atomic mass is 32.2. The molecule has 0 unspecified atom stereocenters. The number of amides is 1. The van der Waals surface area contributed by atoms with Crippen molar-refractivity contribution in [3.05, 3.63) is 23.9 Å². The van der Waals surface area contributed by atoms with E-state index >= 15 is 0 Å². The summed E-state index contributed by atoms with van der Waals surface area (Å²) in [6.07, 6.45) is 4.93. The Labute approximate surface area is 134 Å². The second-order valence-corrected chi connectivity index (χ2v) is 6.86. The van der Waals surface area contributed by atoms with Crippen molar-refractivity contribution in [2.45, 2.75) is 44.2 Å². The predicted molar refractivity (Wildman–Crippen MR) is 86.0 cm³/mol. The van der Waals surface area contributed by atoms with Crippen molar-refractivity contribution in [3.8, 4) is 0 Å². The number of aromatic nitrogens is 1. The Morgan fingerprint density at radius 2 is 2.18 bits per heavy atom. The summed E-state index contributed by atoms with van der Waals surface area (Å²) >= 11 is 1.17. The summed E-state index contributed by atoms with van der Waals surface area (Å²) in [7, 11) is 0. The van der Waals surface area contributed by atoms with Crippen LogP contribution in [0.1, 0.15) is 43.5 Å². The van der Waals surface area contributed by atoms with E-state index < -0.39 is 5.97 Å². The van der Waals surface area contributed by atoms with E-state index in [-0.39, 0.29) is 23.3 Å². The van der Waals surface area contributed by atoms with Gasteiger partial charge in [-0.2, -0.15) is 0 Å². The molecular formula is C16H22N2O3S. The molecule has 0 spiro atoms. The summed E-state index contributed by atoms with van der Waals surface area (Å²) in [6.45, 7) is 4.41. The summed E-state index contributed by atoms with van der Waals surface area (Å²) < 4.78 is 0. The molecule has 2 rings (SSSR count). The number of nitrogens with zero attached hydrogens (tertiary/aromatic N) is 1. The van der Waals surface area contributed by atoms with E-state index in [1.807, 2.05) is 0 Å². The fourth-order valence-corrected chi connectivity index (χ4v) is 3.63. The van der Waals surface area contributed by atoms with Crippen LogP contribution in [-0.4, -0.2) is 33.8 Å². The second kappa shape index (κ2) is 7.63. The molecule has 6 heteroatoms. The first-order valence-corrected chi connectivity index (χ1v) is 8.58. The second-order valence-electron chi connectivity index (χ2n) is 5.89. The predicted octanol–water partition coefficient (Wildman–Crippen LogP) is 2.81. The Hall–Kier alpha value is -1.56. The molecule has 1 aliphatic rings. The van der Waals surface area contributed by atoms with Crippen molar-refractivity contribution in [2.75, 3.05) is 5.75 Å². The monoisotopic (exact) mass is 322 g/mol. The molecular weight excluding hydrogens is 300 g/mol. The third-order valence-corrected chi connectivity index (χ3v) is 5.40. The summed E-state index contributed by atoms with van der Waals surface area (Å²) in [5.41, 5.74) is 0.139. The van der Waals surface area contributed by atoms with Gasteiger partial charge in [-0.3, -0.25) is 4.79 Å². The molecule has 1 saturated carbocycles. The van der Waals surface area contributed by atoms with Gasteiger partial charge in [0.2, 0.25) is 5.91 Å². The highest BCUT2D eigenvalue weighted by Gasteiger charge is 2.28. The number of thioether (sulfide) groups is 1. The molecule has 0 saturated heterocycles. The van der Waals surface area contributed by atoms with E-state index in [4.69, 9.17) is 5.11 Å². The Morgan fingerprint density at radius 1 is 1.41 bits per heavy atom. The third-order valence-electron chi connectivity index (χ3n) is 4.39. The van der Waals surface area contributed by atoms with Crippen molar-refractivity contribution in [2.24, 2.45) is 11.8 Å². The lowest BCUT2D eigenvalue weighted by Crippen LogP contribution is -2.44. The Bertz CT molecular complexity index is 550. The lowest BCUT2D eigenvalue weighted by molar-refractivity contribution is -0.120. The van der Waals surface area contributed by atoms with E-state index in [1.54, 1.807) is 6.07 Å². The molecule has 1 aromatic heterocycles. The van der Waals surface area contributed by atoms with Crippen LogP contribution in [0.15, 0.2) is 23.4 Å². The summed E-state index contributed by atoms with van der Waals surface area (Å²) in [4.78, 5) is 27.3. The van der Waals surface area contributed by atoms with Gasteiger partial charge in [0.25, 0.3) is 0 Å². The zero-order valence-electron chi connectivity index (χ0n) is 12.9. The molecule has 1 aromatic rings. The normalized spacial score (nSPS) is 24.7. The van der Waals surface area contributed by atoms with E-state index in [1.165, 1.54) is 30.4 Å². The van der Waals surface area contributed by atoms with Gasteiger partial charge in [0.1, 0.15) is 5.03 Å². The average Bonchev–Trinajstić information content (AvgIpc) is 2.50. The summed E-state index contributed by atoms with van der Waals surface area (Å²) in [5, 5.41) is 12.6. The molecule has 120 valence electrons. The van der Waals surface area contributed by atoms with Crippen LogP contribution in [0.3, 0.4) is 0 Å². The van der Waals surface area contributed by atoms with Gasteiger partial charge in [0.15, 0.2) is 0 Å². The van der Waals surface area contributed by atoms with E-state index in [9.17, 15) is 9.59 Å². The first kappa shape index (κ1) is 16.8. The van der Waals surface area contributed by atoms with Gasteiger partial charge in [0, 0.05) is 12.2 Å². The first-order valence-electron chi connectivity index (χ1n) is 7.59. The smallest absolute Gasteiger partial charge is 0.338 e. The standard InChI is InChI=1S/C16H22N2O3S/c1-10-5-3-7-13(11(10)2)18-14(19)9-22-15-12(16(20)21)6-4-8-17-15/h4,6,8,10-11,13H,3,5,7,9H2,1-2H3,(H,18,19)(H,20,21)/t10-,11+,13-/m1/s1. The minimum Gasteiger partial charge on any atom is -0.478 e. The molecule has 3 atom stereocenters. The van der Waals surface area contributed by atoms with E-state index in [2.05, 4.69) is 24.1 Å². The Kier molecular flexibility index (Phi) is 5.83. The van der Waals surface area contributed by atoms with Crippen molar-refractivity contribution in [1.29, 1.82) is 0 Å². The number of aromatic carboxylic acids is 1. The van der Waals surface area contributed by atoms with Crippen LogP contribution in [0.4, 0.5) is 0 Å². The fraction of sp³-hybridized carbons (Fsp3) is 0.562. The van der Waals surface area contributed by atoms with E-state index in [0.717, 1.165) is 12.8 Å². The van der Waals surface area contributed by atoms with Gasteiger partial charge in [-0.1, -0.05) is 38.5 Å². The number of nitrogens with one attached hydrogen (secondary N) is 1. The van der Waals surface area contributed by atoms with Crippen molar-refractivity contribution < 1.29 is 14.7 Å². The summed E-state index contributed by atoms with van der Waals surface area (Å²) in [6, 6.07) is 3.30. The molecule has 1 aliphatic carbocycles. The number of pyridine rings is 1. The molecule has 1 heterocycles. The SMILES string of the molecule is C[C@H]1[C@H](C)CCC[C@H]1NC(=O)CSc1ncccc1C(=O)O. The van der Waals surface area contributed by atoms with Crippen LogP contribution in [0.2, 0.25) is 0 Å². The van der Waals surface area contributed by atoms with E-state index in [0.29, 0.717) is 16.9 Å². The maximum atomic E-state index is 12.1. The number of carbonyl (C=O) groups is 2. The lowest BCUT2D eigenvalue weighted by atomic mass is 9.78. The van der Waals surface area contributed by atoms with Gasteiger partial charge >= 0.3 is 5.97 Å². The maximum Gasteiger partial charge on any atom is 0.338 e. The molecule has 0 aromatic carbocycles. The van der Waals surface area contributed by atoms with Gasteiger partial charge in [-0.05, 0) is 30.4 Å². The number of hydrogen-bond acceptors (Lipinski definition) is 4. The van der Waals surface area contributed by atoms with Gasteiger partial charge in [0.05, 0.1) is 11.3 Å². The van der Waals surface area contributed by atoms with Crippen LogP contribution in [-0.2, 0) is 4.79 Å². The molecule has 5 nitrogen and oxygen atoms in total. The van der Waals surface area contributed by atoms with Crippen LogP contribution >= 0.6 is 11.8 Å². The minimum absolute atomic E-state index is 0.0575. The highest BCUT2D eigenvalue weighted by Crippen LogP contribution is 2.29. The molecule has 1 fully saturated rings. The summed E-state index contributed by atoms with van der Waals surface area (Å²) in [5.74, 6) is 0.214. The number of hydrogen-bond donors (Lipinski definition) is 2. The zero-order valence-corrected chi connectivity index (χ0v) is 13.7. The quantitative estimate of drug-likeness (QED) is 0.815. The molecule has 0 radical (unpaired) electrons.